The van der Waals surface area contributed by atoms with Crippen LogP contribution in [0, 0.1) is 0 Å². The molecule has 1 aliphatic heterocycles. The van der Waals surface area contributed by atoms with Gasteiger partial charge in [0.25, 0.3) is 0 Å². The molecule has 3 atom stereocenters. The highest BCUT2D eigenvalue weighted by atomic mass is 35.5. The monoisotopic (exact) mass is 460 g/mol. The van der Waals surface area contributed by atoms with Crippen molar-refractivity contribution in [1.82, 2.24) is 10.2 Å². The topological polar surface area (TPSA) is 99.1 Å². The smallest absolute Gasteiger partial charge is 0.411 e. The summed E-state index contributed by atoms with van der Waals surface area (Å²) in [5.41, 5.74) is 1.79. The van der Waals surface area contributed by atoms with Gasteiger partial charge in [-0.05, 0) is 38.0 Å². The number of halogens is 1. The number of hydrogen-bond donors (Lipinski definition) is 3. The molecule has 8 heteroatoms. The van der Waals surface area contributed by atoms with Crippen LogP contribution < -0.4 is 5.32 Å². The highest BCUT2D eigenvalue weighted by Gasteiger charge is 2.41. The lowest BCUT2D eigenvalue weighted by molar-refractivity contribution is -0.126. The van der Waals surface area contributed by atoms with Gasteiger partial charge >= 0.3 is 6.09 Å². The van der Waals surface area contributed by atoms with Crippen molar-refractivity contribution >= 4 is 23.6 Å². The molecule has 0 aliphatic carbocycles. The number of β-amino-alcohol motifs (C(OH)–C–C–N with tert-alkyl or cyclic N) is 1. The van der Waals surface area contributed by atoms with Gasteiger partial charge in [0.15, 0.2) is 0 Å². The minimum atomic E-state index is -0.878. The van der Waals surface area contributed by atoms with Gasteiger partial charge in [-0.1, -0.05) is 54.1 Å². The van der Waals surface area contributed by atoms with Crippen molar-refractivity contribution in [1.29, 1.82) is 0 Å². The van der Waals surface area contributed by atoms with Gasteiger partial charge in [-0.2, -0.15) is 0 Å². The number of aliphatic hydroxyl groups is 2. The van der Waals surface area contributed by atoms with E-state index in [-0.39, 0.29) is 19.6 Å². The van der Waals surface area contributed by atoms with E-state index >= 15 is 0 Å². The predicted molar refractivity (Wildman–Crippen MR) is 122 cm³/mol. The lowest BCUT2D eigenvalue weighted by Crippen LogP contribution is -2.48. The lowest BCUT2D eigenvalue weighted by Gasteiger charge is -2.28. The summed E-state index contributed by atoms with van der Waals surface area (Å²) in [5, 5.41) is 23.4. The zero-order chi connectivity index (χ0) is 23.5. The fourth-order valence-corrected chi connectivity index (χ4v) is 3.92. The molecule has 3 N–H and O–H groups in total. The van der Waals surface area contributed by atoms with Crippen LogP contribution in [0.2, 0.25) is 5.02 Å². The third-order valence-electron chi connectivity index (χ3n) is 5.21. The summed E-state index contributed by atoms with van der Waals surface area (Å²) in [7, 11) is 0. The van der Waals surface area contributed by atoms with E-state index in [4.69, 9.17) is 16.3 Å². The summed E-state index contributed by atoms with van der Waals surface area (Å²) in [6.07, 6.45) is -1.37. The molecule has 2 aromatic carbocycles. The number of aliphatic hydroxyl groups excluding tert-OH is 2. The first kappa shape index (κ1) is 24.0. The SMILES string of the molecule is CC(C)(C)OC(=O)N1C[C@H](O)C[C@H]1C(=O)N[C@@H](CO)c1ccc(-c2ccccc2Cl)cc1. The Hall–Kier alpha value is -2.61. The first-order valence-electron chi connectivity index (χ1n) is 10.5. The number of carbonyl (C=O) groups excluding carboxylic acids is 2. The number of ether oxygens (including phenoxy) is 1. The largest absolute Gasteiger partial charge is 0.444 e. The average molecular weight is 461 g/mol. The number of amides is 2. The Bertz CT molecular complexity index is 958. The molecule has 0 radical (unpaired) electrons. The molecule has 32 heavy (non-hydrogen) atoms. The zero-order valence-electron chi connectivity index (χ0n) is 18.4. The van der Waals surface area contributed by atoms with E-state index in [1.54, 1.807) is 20.8 Å². The number of nitrogens with zero attached hydrogens (tertiary/aromatic N) is 1. The van der Waals surface area contributed by atoms with Gasteiger partial charge in [0.2, 0.25) is 5.91 Å². The standard InChI is InChI=1S/C24H29ClN2O5/c1-24(2,3)32-23(31)27-13-17(29)12-21(27)22(30)26-20(14-28)16-10-8-15(9-11-16)18-6-4-5-7-19(18)25/h4-11,17,20-21,28-29H,12-14H2,1-3H3,(H,26,30)/t17-,20+,21+/m1/s1. The molecule has 172 valence electrons. The second-order valence-corrected chi connectivity index (χ2v) is 9.29. The fourth-order valence-electron chi connectivity index (χ4n) is 3.68. The van der Waals surface area contributed by atoms with E-state index in [2.05, 4.69) is 5.32 Å². The first-order valence-corrected chi connectivity index (χ1v) is 10.9. The van der Waals surface area contributed by atoms with Crippen LogP contribution in [-0.4, -0.2) is 58.0 Å². The Morgan fingerprint density at radius 2 is 1.84 bits per heavy atom. The number of likely N-dealkylation sites (tertiary alicyclic amines) is 1. The molecule has 0 aromatic heterocycles. The molecular formula is C24H29ClN2O5. The van der Waals surface area contributed by atoms with Crippen molar-refractivity contribution in [3.05, 3.63) is 59.1 Å². The van der Waals surface area contributed by atoms with E-state index in [1.165, 1.54) is 4.90 Å². The van der Waals surface area contributed by atoms with Gasteiger partial charge in [-0.25, -0.2) is 4.79 Å². The van der Waals surface area contributed by atoms with Crippen LogP contribution in [0.4, 0.5) is 4.79 Å². The molecule has 1 saturated heterocycles. The molecule has 1 fully saturated rings. The molecule has 3 rings (SSSR count). The highest BCUT2D eigenvalue weighted by Crippen LogP contribution is 2.29. The van der Waals surface area contributed by atoms with Crippen molar-refractivity contribution in [2.45, 2.75) is 51.0 Å². The Balaban J connectivity index is 1.72. The molecule has 1 aliphatic rings. The average Bonchev–Trinajstić information content (AvgIpc) is 3.13. The van der Waals surface area contributed by atoms with Gasteiger partial charge in [-0.15, -0.1) is 0 Å². The van der Waals surface area contributed by atoms with E-state index in [1.807, 2.05) is 48.5 Å². The van der Waals surface area contributed by atoms with Crippen LogP contribution in [-0.2, 0) is 9.53 Å². The Morgan fingerprint density at radius 1 is 1.19 bits per heavy atom. The molecule has 0 unspecified atom stereocenters. The van der Waals surface area contributed by atoms with Gasteiger partial charge in [0.1, 0.15) is 11.6 Å². The molecule has 0 saturated carbocycles. The van der Waals surface area contributed by atoms with Crippen LogP contribution in [0.25, 0.3) is 11.1 Å². The van der Waals surface area contributed by atoms with Crippen LogP contribution in [0.1, 0.15) is 38.8 Å². The molecule has 0 spiro atoms. The quantitative estimate of drug-likeness (QED) is 0.634. The highest BCUT2D eigenvalue weighted by molar-refractivity contribution is 6.33. The van der Waals surface area contributed by atoms with Crippen LogP contribution >= 0.6 is 11.6 Å². The summed E-state index contributed by atoms with van der Waals surface area (Å²) in [6.45, 7) is 4.91. The number of benzene rings is 2. The maximum absolute atomic E-state index is 12.9. The van der Waals surface area contributed by atoms with E-state index < -0.39 is 35.8 Å². The summed E-state index contributed by atoms with van der Waals surface area (Å²) >= 11 is 6.26. The van der Waals surface area contributed by atoms with Crippen molar-refractivity contribution in [2.24, 2.45) is 0 Å². The van der Waals surface area contributed by atoms with Crippen LogP contribution in [0.5, 0.6) is 0 Å². The second kappa shape index (κ2) is 9.90. The molecular weight excluding hydrogens is 432 g/mol. The Morgan fingerprint density at radius 3 is 2.44 bits per heavy atom. The van der Waals surface area contributed by atoms with Crippen LogP contribution in [0.3, 0.4) is 0 Å². The van der Waals surface area contributed by atoms with E-state index in [0.717, 1.165) is 11.1 Å². The third-order valence-corrected chi connectivity index (χ3v) is 5.54. The van der Waals surface area contributed by atoms with Crippen molar-refractivity contribution < 1.29 is 24.5 Å². The number of nitrogens with one attached hydrogen (secondary N) is 1. The number of hydrogen-bond acceptors (Lipinski definition) is 5. The Labute approximate surface area is 192 Å². The van der Waals surface area contributed by atoms with Gasteiger partial charge in [0.05, 0.1) is 25.3 Å². The van der Waals surface area contributed by atoms with Crippen molar-refractivity contribution in [3.63, 3.8) is 0 Å². The van der Waals surface area contributed by atoms with Gasteiger partial charge in [0, 0.05) is 17.0 Å². The lowest BCUT2D eigenvalue weighted by atomic mass is 10.0. The van der Waals surface area contributed by atoms with E-state index in [0.29, 0.717) is 10.6 Å². The molecule has 2 aromatic rings. The Kier molecular flexibility index (Phi) is 7.44. The first-order chi connectivity index (χ1) is 15.1. The number of rotatable bonds is 5. The molecule has 2 amide bonds. The van der Waals surface area contributed by atoms with Crippen LogP contribution in [0.15, 0.2) is 48.5 Å². The van der Waals surface area contributed by atoms with E-state index in [9.17, 15) is 19.8 Å². The fraction of sp³-hybridized carbons (Fsp3) is 0.417. The molecule has 1 heterocycles. The van der Waals surface area contributed by atoms with Crippen molar-refractivity contribution in [2.75, 3.05) is 13.2 Å². The zero-order valence-corrected chi connectivity index (χ0v) is 19.2. The molecule has 0 bridgehead atoms. The summed E-state index contributed by atoms with van der Waals surface area (Å²) in [6, 6.07) is 13.3. The minimum absolute atomic E-state index is 0.0172. The second-order valence-electron chi connectivity index (χ2n) is 8.88. The van der Waals surface area contributed by atoms with Gasteiger partial charge < -0.3 is 20.3 Å². The normalized spacial score (nSPS) is 19.5. The summed E-state index contributed by atoms with van der Waals surface area (Å²) < 4.78 is 5.37. The van der Waals surface area contributed by atoms with Crippen molar-refractivity contribution in [3.8, 4) is 11.1 Å². The minimum Gasteiger partial charge on any atom is -0.444 e. The molecule has 7 nitrogen and oxygen atoms in total. The van der Waals surface area contributed by atoms with Gasteiger partial charge in [-0.3, -0.25) is 9.69 Å². The maximum atomic E-state index is 12.9. The summed E-state index contributed by atoms with van der Waals surface area (Å²) in [5.74, 6) is -0.457. The predicted octanol–water partition coefficient (Wildman–Crippen LogP) is 3.53. The summed E-state index contributed by atoms with van der Waals surface area (Å²) in [4.78, 5) is 26.7. The number of carbonyl (C=O) groups is 2. The third kappa shape index (κ3) is 5.79. The maximum Gasteiger partial charge on any atom is 0.411 e.